The lowest BCUT2D eigenvalue weighted by atomic mass is 10.1. The van der Waals surface area contributed by atoms with Crippen LogP contribution in [-0.4, -0.2) is 28.7 Å². The lowest BCUT2D eigenvalue weighted by molar-refractivity contribution is -0.119. The Morgan fingerprint density at radius 2 is 1.84 bits per heavy atom. The molecule has 2 atom stereocenters. The van der Waals surface area contributed by atoms with Gasteiger partial charge in [-0.05, 0) is 74.7 Å². The molecule has 4 aromatic rings. The number of benzene rings is 3. The number of nitrogens with zero attached hydrogens (tertiary/aromatic N) is 1. The zero-order valence-electron chi connectivity index (χ0n) is 22.1. The van der Waals surface area contributed by atoms with Gasteiger partial charge in [0, 0.05) is 11.3 Å². The minimum Gasteiger partial charge on any atom is -0.490 e. The molecule has 2 amide bonds. The zero-order valence-corrected chi connectivity index (χ0v) is 23.7. The van der Waals surface area contributed by atoms with Crippen LogP contribution >= 0.6 is 23.1 Å². The van der Waals surface area contributed by atoms with Gasteiger partial charge in [-0.1, -0.05) is 55.4 Å². The number of thiazole rings is 1. The Morgan fingerprint density at radius 3 is 2.58 bits per heavy atom. The summed E-state index contributed by atoms with van der Waals surface area (Å²) in [6.07, 6.45) is 2.19. The number of aryl methyl sites for hydroxylation is 1. The molecule has 4 rings (SSSR count). The molecule has 38 heavy (non-hydrogen) atoms. The summed E-state index contributed by atoms with van der Waals surface area (Å²) in [4.78, 5) is 30.0. The van der Waals surface area contributed by atoms with Crippen molar-refractivity contribution in [1.29, 1.82) is 0 Å². The molecule has 0 spiro atoms. The lowest BCUT2D eigenvalue weighted by Crippen LogP contribution is -2.28. The van der Waals surface area contributed by atoms with Crippen LogP contribution < -0.4 is 15.4 Å². The maximum absolute atomic E-state index is 12.9. The highest BCUT2D eigenvalue weighted by Crippen LogP contribution is 2.31. The molecule has 1 unspecified atom stereocenters. The van der Waals surface area contributed by atoms with E-state index in [1.54, 1.807) is 6.07 Å². The summed E-state index contributed by atoms with van der Waals surface area (Å²) in [6, 6.07) is 21.0. The van der Waals surface area contributed by atoms with E-state index in [1.807, 2.05) is 74.5 Å². The topological polar surface area (TPSA) is 80.3 Å². The highest BCUT2D eigenvalue weighted by molar-refractivity contribution is 8.01. The molecule has 1 aromatic heterocycles. The van der Waals surface area contributed by atoms with Gasteiger partial charge in [0.1, 0.15) is 5.75 Å². The van der Waals surface area contributed by atoms with Crippen molar-refractivity contribution in [3.05, 3.63) is 83.4 Å². The first-order valence-corrected chi connectivity index (χ1v) is 14.6. The van der Waals surface area contributed by atoms with E-state index in [0.717, 1.165) is 44.3 Å². The average Bonchev–Trinajstić information content (AvgIpc) is 3.31. The van der Waals surface area contributed by atoms with Gasteiger partial charge in [0.2, 0.25) is 5.91 Å². The molecule has 0 bridgehead atoms. The maximum Gasteiger partial charge on any atom is 0.255 e. The van der Waals surface area contributed by atoms with E-state index in [0.29, 0.717) is 11.3 Å². The van der Waals surface area contributed by atoms with Crippen molar-refractivity contribution in [2.24, 2.45) is 0 Å². The van der Waals surface area contributed by atoms with Crippen molar-refractivity contribution in [1.82, 2.24) is 10.3 Å². The Balaban J connectivity index is 1.34. The van der Waals surface area contributed by atoms with Crippen LogP contribution in [0.1, 0.15) is 61.1 Å². The first kappa shape index (κ1) is 27.7. The van der Waals surface area contributed by atoms with Crippen molar-refractivity contribution < 1.29 is 14.3 Å². The molecule has 0 aliphatic rings. The van der Waals surface area contributed by atoms with Gasteiger partial charge in [-0.25, -0.2) is 4.98 Å². The van der Waals surface area contributed by atoms with E-state index >= 15 is 0 Å². The van der Waals surface area contributed by atoms with Crippen molar-refractivity contribution in [2.45, 2.75) is 57.0 Å². The Hall–Kier alpha value is -3.36. The highest BCUT2D eigenvalue weighted by atomic mass is 32.2. The quantitative estimate of drug-likeness (QED) is 0.191. The summed E-state index contributed by atoms with van der Waals surface area (Å²) < 4.78 is 7.76. The number of hydrogen-bond donors (Lipinski definition) is 2. The number of amides is 2. The molecule has 2 N–H and O–H groups in total. The van der Waals surface area contributed by atoms with Gasteiger partial charge in [0.05, 0.1) is 28.1 Å². The number of fused-ring (bicyclic) bond motifs is 1. The predicted octanol–water partition coefficient (Wildman–Crippen LogP) is 7.39. The largest absolute Gasteiger partial charge is 0.490 e. The molecule has 0 aliphatic carbocycles. The number of anilines is 1. The third-order valence-corrected chi connectivity index (χ3v) is 8.25. The van der Waals surface area contributed by atoms with Gasteiger partial charge in [-0.3, -0.25) is 9.59 Å². The Labute approximate surface area is 232 Å². The molecule has 0 fully saturated rings. The normalized spacial score (nSPS) is 12.6. The van der Waals surface area contributed by atoms with Gasteiger partial charge in [0.15, 0.2) is 4.34 Å². The van der Waals surface area contributed by atoms with E-state index in [2.05, 4.69) is 29.5 Å². The molecule has 198 valence electrons. The monoisotopic (exact) mass is 547 g/mol. The van der Waals surface area contributed by atoms with E-state index in [9.17, 15) is 9.59 Å². The molecule has 0 saturated heterocycles. The molecule has 3 aromatic carbocycles. The fraction of sp³-hybridized carbons (Fsp3) is 0.300. The first-order chi connectivity index (χ1) is 18.3. The van der Waals surface area contributed by atoms with Gasteiger partial charge >= 0.3 is 0 Å². The second kappa shape index (κ2) is 12.9. The summed E-state index contributed by atoms with van der Waals surface area (Å²) in [5.41, 5.74) is 4.12. The van der Waals surface area contributed by atoms with Crippen LogP contribution in [0.2, 0.25) is 0 Å². The fourth-order valence-corrected chi connectivity index (χ4v) is 6.01. The summed E-state index contributed by atoms with van der Waals surface area (Å²) >= 11 is 2.92. The summed E-state index contributed by atoms with van der Waals surface area (Å²) in [5.74, 6) is 0.882. The second-order valence-corrected chi connectivity index (χ2v) is 11.6. The molecule has 0 radical (unpaired) electrons. The molecular formula is C30H33N3O3S2. The van der Waals surface area contributed by atoms with Crippen LogP contribution in [0.25, 0.3) is 10.2 Å². The van der Waals surface area contributed by atoms with Crippen LogP contribution in [0.5, 0.6) is 5.75 Å². The summed E-state index contributed by atoms with van der Waals surface area (Å²) in [7, 11) is 0. The van der Waals surface area contributed by atoms with Gasteiger partial charge in [-0.15, -0.1) is 11.3 Å². The van der Waals surface area contributed by atoms with Crippen molar-refractivity contribution in [3.8, 4) is 5.75 Å². The number of nitrogens with one attached hydrogen (secondary N) is 2. The first-order valence-electron chi connectivity index (χ1n) is 12.8. The Morgan fingerprint density at radius 1 is 1.05 bits per heavy atom. The Bertz CT molecular complexity index is 1400. The Kier molecular flexibility index (Phi) is 9.42. The van der Waals surface area contributed by atoms with Crippen molar-refractivity contribution in [2.75, 3.05) is 11.1 Å². The highest BCUT2D eigenvalue weighted by Gasteiger charge is 2.14. The number of hydrogen-bond acceptors (Lipinski definition) is 6. The van der Waals surface area contributed by atoms with Gasteiger partial charge in [0.25, 0.3) is 5.91 Å². The number of ether oxygens (including phenoxy) is 1. The zero-order chi connectivity index (χ0) is 27.1. The predicted molar refractivity (Wildman–Crippen MR) is 157 cm³/mol. The maximum atomic E-state index is 12.9. The standard InChI is InChI=1S/C30H33N3O3S2/c1-5-9-20(3)36-26-15-12-23(16-19(26)2)29(35)32-24-13-14-25-27(17-24)38-30(33-25)37-18-28(34)31-21(4)22-10-7-6-8-11-22/h6-8,10-17,20-21H,5,9,18H2,1-4H3,(H,31,34)(H,32,35)/t20?,21-/m0/s1. The molecule has 1 heterocycles. The van der Waals surface area contributed by atoms with Gasteiger partial charge < -0.3 is 15.4 Å². The van der Waals surface area contributed by atoms with E-state index in [1.165, 1.54) is 23.1 Å². The van der Waals surface area contributed by atoms with Gasteiger partial charge in [-0.2, -0.15) is 0 Å². The number of carbonyl (C=O) groups excluding carboxylic acids is 2. The smallest absolute Gasteiger partial charge is 0.255 e. The van der Waals surface area contributed by atoms with Crippen LogP contribution in [0.15, 0.2) is 71.1 Å². The lowest BCUT2D eigenvalue weighted by Gasteiger charge is -2.16. The van der Waals surface area contributed by atoms with Crippen molar-refractivity contribution in [3.63, 3.8) is 0 Å². The number of thioether (sulfide) groups is 1. The van der Waals surface area contributed by atoms with Crippen LogP contribution in [-0.2, 0) is 4.79 Å². The minimum absolute atomic E-state index is 0.0369. The molecule has 8 heteroatoms. The van der Waals surface area contributed by atoms with Crippen LogP contribution in [0, 0.1) is 6.92 Å². The third-order valence-electron chi connectivity index (χ3n) is 6.09. The second-order valence-electron chi connectivity index (χ2n) is 9.30. The molecular weight excluding hydrogens is 514 g/mol. The van der Waals surface area contributed by atoms with E-state index < -0.39 is 0 Å². The average molecular weight is 548 g/mol. The fourth-order valence-electron chi connectivity index (χ4n) is 4.09. The molecule has 6 nitrogen and oxygen atoms in total. The van der Waals surface area contributed by atoms with E-state index in [4.69, 9.17) is 4.74 Å². The SMILES string of the molecule is CCCC(C)Oc1ccc(C(=O)Nc2ccc3nc(SCC(=O)N[C@@H](C)c4ccccc4)sc3c2)cc1C. The minimum atomic E-state index is -0.177. The molecule has 0 saturated carbocycles. The van der Waals surface area contributed by atoms with Crippen molar-refractivity contribution >= 4 is 50.8 Å². The molecule has 0 aliphatic heterocycles. The van der Waals surface area contributed by atoms with E-state index in [-0.39, 0.29) is 29.7 Å². The number of carbonyl (C=O) groups is 2. The number of rotatable bonds is 11. The summed E-state index contributed by atoms with van der Waals surface area (Å²) in [6.45, 7) is 8.12. The summed E-state index contributed by atoms with van der Waals surface area (Å²) in [5, 5.41) is 6.01. The van der Waals surface area contributed by atoms with Crippen LogP contribution in [0.3, 0.4) is 0 Å². The van der Waals surface area contributed by atoms with Crippen LogP contribution in [0.4, 0.5) is 5.69 Å². The number of aromatic nitrogens is 1. The third kappa shape index (κ3) is 7.36.